The number of carbonyl (C=O) groups excluding carboxylic acids is 1. The number of ether oxygens (including phenoxy) is 2. The first-order valence-corrected chi connectivity index (χ1v) is 5.26. The summed E-state index contributed by atoms with van der Waals surface area (Å²) in [5.41, 5.74) is 7.72. The smallest absolute Gasteiger partial charge is 0.338 e. The fourth-order valence-electron chi connectivity index (χ4n) is 1.22. The average molecular weight is 223 g/mol. The van der Waals surface area contributed by atoms with E-state index in [9.17, 15) is 4.79 Å². The van der Waals surface area contributed by atoms with Gasteiger partial charge in [0.15, 0.2) is 0 Å². The molecule has 0 aromatic heterocycles. The number of hydrogen-bond acceptors (Lipinski definition) is 4. The first-order valence-electron chi connectivity index (χ1n) is 5.26. The van der Waals surface area contributed by atoms with Gasteiger partial charge in [-0.25, -0.2) is 4.79 Å². The molecule has 0 aliphatic heterocycles. The molecule has 1 aromatic carbocycles. The lowest BCUT2D eigenvalue weighted by atomic mass is 10.1. The molecular formula is C12H17NO3. The maximum atomic E-state index is 11.6. The second-order valence-electron chi connectivity index (χ2n) is 3.40. The molecule has 2 N–H and O–H groups in total. The van der Waals surface area contributed by atoms with Gasteiger partial charge in [0, 0.05) is 12.3 Å². The number of hydrogen-bond donors (Lipinski definition) is 1. The Morgan fingerprint density at radius 3 is 2.75 bits per heavy atom. The lowest BCUT2D eigenvalue weighted by Gasteiger charge is -2.06. The highest BCUT2D eigenvalue weighted by Gasteiger charge is 2.07. The van der Waals surface area contributed by atoms with Gasteiger partial charge in [-0.15, -0.1) is 0 Å². The van der Waals surface area contributed by atoms with E-state index in [-0.39, 0.29) is 12.6 Å². The summed E-state index contributed by atoms with van der Waals surface area (Å²) in [5.74, 6) is -0.345. The van der Waals surface area contributed by atoms with Crippen molar-refractivity contribution in [1.82, 2.24) is 0 Å². The number of rotatable bonds is 5. The minimum atomic E-state index is -0.345. The Balaban J connectivity index is 2.50. The summed E-state index contributed by atoms with van der Waals surface area (Å²) in [5, 5.41) is 0. The summed E-state index contributed by atoms with van der Waals surface area (Å²) >= 11 is 0. The standard InChI is InChI=1S/C12H17NO3/c1-3-15-6-7-16-12(14)10-4-5-11(13)9(2)8-10/h4-5,8H,3,6-7,13H2,1-2H3. The van der Waals surface area contributed by atoms with E-state index in [1.165, 1.54) is 0 Å². The van der Waals surface area contributed by atoms with Crippen LogP contribution in [0.3, 0.4) is 0 Å². The Labute approximate surface area is 95.3 Å². The van der Waals surface area contributed by atoms with Crippen LogP contribution in [-0.2, 0) is 9.47 Å². The van der Waals surface area contributed by atoms with Crippen molar-refractivity contribution in [2.24, 2.45) is 0 Å². The summed E-state index contributed by atoms with van der Waals surface area (Å²) in [6.45, 7) is 5.07. The van der Waals surface area contributed by atoms with Crippen LogP contribution in [0.25, 0.3) is 0 Å². The molecule has 4 heteroatoms. The number of benzene rings is 1. The molecule has 0 aliphatic rings. The third-order valence-electron chi connectivity index (χ3n) is 2.17. The second-order valence-corrected chi connectivity index (χ2v) is 3.40. The molecule has 0 spiro atoms. The quantitative estimate of drug-likeness (QED) is 0.469. The fraction of sp³-hybridized carbons (Fsp3) is 0.417. The van der Waals surface area contributed by atoms with Crippen LogP contribution < -0.4 is 5.73 Å². The third kappa shape index (κ3) is 3.55. The van der Waals surface area contributed by atoms with E-state index < -0.39 is 0 Å². The number of aryl methyl sites for hydroxylation is 1. The van der Waals surface area contributed by atoms with Gasteiger partial charge >= 0.3 is 5.97 Å². The molecule has 16 heavy (non-hydrogen) atoms. The predicted octanol–water partition coefficient (Wildman–Crippen LogP) is 1.77. The molecule has 0 atom stereocenters. The lowest BCUT2D eigenvalue weighted by Crippen LogP contribution is -2.11. The first-order chi connectivity index (χ1) is 7.65. The maximum Gasteiger partial charge on any atom is 0.338 e. The predicted molar refractivity (Wildman–Crippen MR) is 62.4 cm³/mol. The molecule has 0 radical (unpaired) electrons. The molecule has 1 aromatic rings. The molecule has 0 amide bonds. The van der Waals surface area contributed by atoms with Gasteiger partial charge in [0.25, 0.3) is 0 Å². The number of nitrogens with two attached hydrogens (primary N) is 1. The van der Waals surface area contributed by atoms with Gasteiger partial charge in [0.1, 0.15) is 6.61 Å². The van der Waals surface area contributed by atoms with E-state index in [0.717, 1.165) is 5.56 Å². The van der Waals surface area contributed by atoms with Gasteiger partial charge in [0.2, 0.25) is 0 Å². The molecule has 0 aliphatic carbocycles. The summed E-state index contributed by atoms with van der Waals surface area (Å²) in [4.78, 5) is 11.6. The Bertz CT molecular complexity index is 363. The zero-order valence-electron chi connectivity index (χ0n) is 9.66. The van der Waals surface area contributed by atoms with Gasteiger partial charge in [-0.2, -0.15) is 0 Å². The van der Waals surface area contributed by atoms with E-state index in [1.54, 1.807) is 18.2 Å². The molecule has 0 saturated carbocycles. The fourth-order valence-corrected chi connectivity index (χ4v) is 1.22. The Hall–Kier alpha value is -1.55. The molecule has 0 unspecified atom stereocenters. The third-order valence-corrected chi connectivity index (χ3v) is 2.17. The normalized spacial score (nSPS) is 10.1. The minimum absolute atomic E-state index is 0.274. The average Bonchev–Trinajstić information content (AvgIpc) is 2.28. The largest absolute Gasteiger partial charge is 0.460 e. The molecule has 0 saturated heterocycles. The van der Waals surface area contributed by atoms with Crippen LogP contribution in [0, 0.1) is 6.92 Å². The molecular weight excluding hydrogens is 206 g/mol. The van der Waals surface area contributed by atoms with Crippen molar-refractivity contribution in [2.75, 3.05) is 25.6 Å². The molecule has 0 bridgehead atoms. The Morgan fingerprint density at radius 2 is 2.12 bits per heavy atom. The van der Waals surface area contributed by atoms with Crippen molar-refractivity contribution in [2.45, 2.75) is 13.8 Å². The number of nitrogen functional groups attached to an aromatic ring is 1. The highest BCUT2D eigenvalue weighted by Crippen LogP contribution is 2.13. The maximum absolute atomic E-state index is 11.6. The molecule has 1 rings (SSSR count). The van der Waals surface area contributed by atoms with Crippen LogP contribution in [0.1, 0.15) is 22.8 Å². The van der Waals surface area contributed by atoms with Gasteiger partial charge in [-0.05, 0) is 37.6 Å². The molecule has 0 heterocycles. The monoisotopic (exact) mass is 223 g/mol. The zero-order chi connectivity index (χ0) is 12.0. The van der Waals surface area contributed by atoms with E-state index in [2.05, 4.69) is 0 Å². The van der Waals surface area contributed by atoms with Crippen LogP contribution in [0.2, 0.25) is 0 Å². The van der Waals surface area contributed by atoms with Crippen molar-refractivity contribution >= 4 is 11.7 Å². The van der Waals surface area contributed by atoms with Crippen molar-refractivity contribution in [3.05, 3.63) is 29.3 Å². The van der Waals surface area contributed by atoms with Crippen molar-refractivity contribution in [3.8, 4) is 0 Å². The van der Waals surface area contributed by atoms with Gasteiger partial charge in [-0.3, -0.25) is 0 Å². The SMILES string of the molecule is CCOCCOC(=O)c1ccc(N)c(C)c1. The minimum Gasteiger partial charge on any atom is -0.460 e. The number of esters is 1. The molecule has 88 valence electrons. The zero-order valence-corrected chi connectivity index (χ0v) is 9.66. The molecule has 0 fully saturated rings. The lowest BCUT2D eigenvalue weighted by molar-refractivity contribution is 0.0335. The van der Waals surface area contributed by atoms with E-state index in [1.807, 2.05) is 13.8 Å². The van der Waals surface area contributed by atoms with Crippen LogP contribution >= 0.6 is 0 Å². The Morgan fingerprint density at radius 1 is 1.38 bits per heavy atom. The van der Waals surface area contributed by atoms with Gasteiger partial charge in [0.05, 0.1) is 12.2 Å². The van der Waals surface area contributed by atoms with Crippen molar-refractivity contribution in [3.63, 3.8) is 0 Å². The first kappa shape index (κ1) is 12.5. The van der Waals surface area contributed by atoms with Crippen molar-refractivity contribution < 1.29 is 14.3 Å². The van der Waals surface area contributed by atoms with Gasteiger partial charge in [-0.1, -0.05) is 0 Å². The van der Waals surface area contributed by atoms with Crippen LogP contribution in [0.5, 0.6) is 0 Å². The topological polar surface area (TPSA) is 61.5 Å². The van der Waals surface area contributed by atoms with Crippen LogP contribution in [0.4, 0.5) is 5.69 Å². The summed E-state index contributed by atoms with van der Waals surface area (Å²) in [6, 6.07) is 5.08. The van der Waals surface area contributed by atoms with Crippen LogP contribution in [-0.4, -0.2) is 25.8 Å². The molecule has 4 nitrogen and oxygen atoms in total. The van der Waals surface area contributed by atoms with Gasteiger partial charge < -0.3 is 15.2 Å². The highest BCUT2D eigenvalue weighted by atomic mass is 16.6. The summed E-state index contributed by atoms with van der Waals surface area (Å²) in [6.07, 6.45) is 0. The Kier molecular flexibility index (Phi) is 4.79. The second kappa shape index (κ2) is 6.12. The number of carbonyl (C=O) groups is 1. The highest BCUT2D eigenvalue weighted by molar-refractivity contribution is 5.90. The van der Waals surface area contributed by atoms with Crippen molar-refractivity contribution in [1.29, 1.82) is 0 Å². The number of anilines is 1. The van der Waals surface area contributed by atoms with E-state index >= 15 is 0 Å². The summed E-state index contributed by atoms with van der Waals surface area (Å²) in [7, 11) is 0. The van der Waals surface area contributed by atoms with E-state index in [4.69, 9.17) is 15.2 Å². The summed E-state index contributed by atoms with van der Waals surface area (Å²) < 4.78 is 10.1. The van der Waals surface area contributed by atoms with Crippen LogP contribution in [0.15, 0.2) is 18.2 Å². The van der Waals surface area contributed by atoms with E-state index in [0.29, 0.717) is 24.5 Å².